The molecule has 0 atom stereocenters. The molecule has 2 N–H and O–H groups in total. The van der Waals surface area contributed by atoms with Gasteiger partial charge in [0.1, 0.15) is 5.56 Å². The average Bonchev–Trinajstić information content (AvgIpc) is 3.19. The van der Waals surface area contributed by atoms with E-state index in [1.807, 2.05) is 0 Å². The second-order valence-corrected chi connectivity index (χ2v) is 5.27. The highest BCUT2D eigenvalue weighted by atomic mass is 19.4. The van der Waals surface area contributed by atoms with Crippen molar-refractivity contribution < 1.29 is 27.9 Å². The van der Waals surface area contributed by atoms with Gasteiger partial charge in [-0.3, -0.25) is 0 Å². The van der Waals surface area contributed by atoms with Crippen molar-refractivity contribution in [1.29, 1.82) is 0 Å². The van der Waals surface area contributed by atoms with Gasteiger partial charge in [0.15, 0.2) is 5.69 Å². The molecule has 10 heteroatoms. The van der Waals surface area contributed by atoms with E-state index in [-0.39, 0.29) is 6.61 Å². The van der Waals surface area contributed by atoms with Crippen LogP contribution in [0.4, 0.5) is 13.2 Å². The van der Waals surface area contributed by atoms with Gasteiger partial charge in [-0.15, -0.1) is 0 Å². The Kier molecular flexibility index (Phi) is 4.41. The molecule has 2 heterocycles. The molecule has 0 bridgehead atoms. The topological polar surface area (TPSA) is 92.5 Å². The molecule has 0 aliphatic carbocycles. The van der Waals surface area contributed by atoms with Crippen LogP contribution in [0.3, 0.4) is 0 Å². The SMILES string of the molecule is CCOC(=O)c1cn(-c2ccc3[nH]cc(/C=N/O)c3c2)nc1C(F)(F)F. The summed E-state index contributed by atoms with van der Waals surface area (Å²) in [5.74, 6) is -1.10. The Morgan fingerprint density at radius 1 is 1.46 bits per heavy atom. The zero-order chi connectivity index (χ0) is 18.9. The largest absolute Gasteiger partial charge is 0.462 e. The van der Waals surface area contributed by atoms with E-state index in [9.17, 15) is 18.0 Å². The Morgan fingerprint density at radius 3 is 2.88 bits per heavy atom. The first-order valence-corrected chi connectivity index (χ1v) is 7.48. The Hall–Kier alpha value is -3.30. The number of halogens is 3. The number of carbonyl (C=O) groups excluding carboxylic acids is 1. The Balaban J connectivity index is 2.13. The zero-order valence-electron chi connectivity index (χ0n) is 13.4. The number of H-pyrrole nitrogens is 1. The number of ether oxygens (including phenoxy) is 1. The van der Waals surface area contributed by atoms with Crippen LogP contribution < -0.4 is 0 Å². The maximum Gasteiger partial charge on any atom is 0.436 e. The number of esters is 1. The van der Waals surface area contributed by atoms with Gasteiger partial charge in [-0.25, -0.2) is 9.48 Å². The van der Waals surface area contributed by atoms with Crippen LogP contribution in [0.5, 0.6) is 0 Å². The third kappa shape index (κ3) is 3.13. The number of alkyl halides is 3. The van der Waals surface area contributed by atoms with Gasteiger partial charge in [0.25, 0.3) is 0 Å². The highest BCUT2D eigenvalue weighted by Crippen LogP contribution is 2.32. The summed E-state index contributed by atoms with van der Waals surface area (Å²) in [6, 6.07) is 4.74. The van der Waals surface area contributed by atoms with Gasteiger partial charge in [0, 0.05) is 28.9 Å². The summed E-state index contributed by atoms with van der Waals surface area (Å²) in [5, 5.41) is 15.8. The van der Waals surface area contributed by atoms with Crippen molar-refractivity contribution >= 4 is 23.1 Å². The Labute approximate surface area is 144 Å². The quantitative estimate of drug-likeness (QED) is 0.321. The number of hydrogen-bond acceptors (Lipinski definition) is 5. The van der Waals surface area contributed by atoms with Gasteiger partial charge in [-0.2, -0.15) is 18.3 Å². The van der Waals surface area contributed by atoms with E-state index < -0.39 is 23.4 Å². The number of hydrogen-bond donors (Lipinski definition) is 2. The van der Waals surface area contributed by atoms with E-state index >= 15 is 0 Å². The molecule has 3 rings (SSSR count). The van der Waals surface area contributed by atoms with Gasteiger partial charge in [-0.05, 0) is 25.1 Å². The third-order valence-corrected chi connectivity index (χ3v) is 3.64. The molecule has 7 nitrogen and oxygen atoms in total. The third-order valence-electron chi connectivity index (χ3n) is 3.64. The van der Waals surface area contributed by atoms with Crippen molar-refractivity contribution in [3.63, 3.8) is 0 Å². The molecular weight excluding hydrogens is 353 g/mol. The van der Waals surface area contributed by atoms with E-state index in [2.05, 4.69) is 20.0 Å². The molecule has 2 aromatic heterocycles. The molecule has 0 aliphatic rings. The minimum absolute atomic E-state index is 0.0551. The normalized spacial score (nSPS) is 12.2. The lowest BCUT2D eigenvalue weighted by atomic mass is 10.1. The van der Waals surface area contributed by atoms with Crippen molar-refractivity contribution in [2.75, 3.05) is 6.61 Å². The summed E-state index contributed by atoms with van der Waals surface area (Å²) in [6.07, 6.45) is -1.05. The maximum atomic E-state index is 13.2. The molecule has 0 saturated carbocycles. The van der Waals surface area contributed by atoms with Gasteiger partial charge in [0.2, 0.25) is 0 Å². The standard InChI is InChI=1S/C16H13F3N4O3/c1-2-26-15(24)12-8-23(22-14(12)16(17,18)19)10-3-4-13-11(5-10)9(6-20-13)7-21-25/h3-8,20,25H,2H2,1H3/b21-7+. The Morgan fingerprint density at radius 2 is 2.23 bits per heavy atom. The van der Waals surface area contributed by atoms with Gasteiger partial charge in [0.05, 0.1) is 18.5 Å². The fourth-order valence-electron chi connectivity index (χ4n) is 2.52. The number of rotatable bonds is 4. The molecule has 3 aromatic rings. The predicted molar refractivity (Wildman–Crippen MR) is 85.8 cm³/mol. The van der Waals surface area contributed by atoms with Crippen LogP contribution in [0.1, 0.15) is 28.5 Å². The van der Waals surface area contributed by atoms with Crippen LogP contribution in [0, 0.1) is 0 Å². The van der Waals surface area contributed by atoms with Gasteiger partial charge >= 0.3 is 12.1 Å². The lowest BCUT2D eigenvalue weighted by Crippen LogP contribution is -2.14. The first-order valence-electron chi connectivity index (χ1n) is 7.48. The van der Waals surface area contributed by atoms with E-state index in [1.54, 1.807) is 24.4 Å². The fourth-order valence-corrected chi connectivity index (χ4v) is 2.52. The number of nitrogens with one attached hydrogen (secondary N) is 1. The minimum Gasteiger partial charge on any atom is -0.462 e. The van der Waals surface area contributed by atoms with Gasteiger partial charge in [-0.1, -0.05) is 5.16 Å². The summed E-state index contributed by atoms with van der Waals surface area (Å²) in [7, 11) is 0. The summed E-state index contributed by atoms with van der Waals surface area (Å²) in [4.78, 5) is 14.8. The minimum atomic E-state index is -4.81. The molecule has 0 radical (unpaired) electrons. The van der Waals surface area contributed by atoms with Crippen LogP contribution >= 0.6 is 0 Å². The van der Waals surface area contributed by atoms with Crippen LogP contribution in [-0.4, -0.2) is 38.8 Å². The van der Waals surface area contributed by atoms with E-state index in [0.29, 0.717) is 22.2 Å². The van der Waals surface area contributed by atoms with Gasteiger partial charge < -0.3 is 14.9 Å². The van der Waals surface area contributed by atoms with Crippen LogP contribution in [0.25, 0.3) is 16.6 Å². The lowest BCUT2D eigenvalue weighted by molar-refractivity contribution is -0.141. The van der Waals surface area contributed by atoms with Crippen LogP contribution in [0.15, 0.2) is 35.7 Å². The number of aromatic amines is 1. The number of oxime groups is 1. The first-order chi connectivity index (χ1) is 12.3. The molecule has 0 saturated heterocycles. The van der Waals surface area contributed by atoms with E-state index in [0.717, 1.165) is 10.9 Å². The van der Waals surface area contributed by atoms with Crippen molar-refractivity contribution in [2.45, 2.75) is 13.1 Å². The van der Waals surface area contributed by atoms with Crippen LogP contribution in [0.2, 0.25) is 0 Å². The molecule has 0 amide bonds. The van der Waals surface area contributed by atoms with E-state index in [4.69, 9.17) is 5.21 Å². The second-order valence-electron chi connectivity index (χ2n) is 5.27. The number of nitrogens with zero attached hydrogens (tertiary/aromatic N) is 3. The second kappa shape index (κ2) is 6.54. The molecule has 0 unspecified atom stereocenters. The Bertz CT molecular complexity index is 988. The van der Waals surface area contributed by atoms with Crippen molar-refractivity contribution in [1.82, 2.24) is 14.8 Å². The number of fused-ring (bicyclic) bond motifs is 1. The summed E-state index contributed by atoms with van der Waals surface area (Å²) >= 11 is 0. The number of aromatic nitrogens is 3. The highest BCUT2D eigenvalue weighted by Gasteiger charge is 2.39. The molecule has 0 spiro atoms. The first kappa shape index (κ1) is 17.5. The lowest BCUT2D eigenvalue weighted by Gasteiger charge is -2.05. The molecule has 136 valence electrons. The molecule has 0 aliphatic heterocycles. The number of carbonyl (C=O) groups is 1. The van der Waals surface area contributed by atoms with Crippen molar-refractivity contribution in [3.05, 3.63) is 47.4 Å². The van der Waals surface area contributed by atoms with Crippen molar-refractivity contribution in [2.24, 2.45) is 5.16 Å². The highest BCUT2D eigenvalue weighted by molar-refractivity contribution is 5.99. The average molecular weight is 366 g/mol. The monoisotopic (exact) mass is 366 g/mol. The van der Waals surface area contributed by atoms with E-state index in [1.165, 1.54) is 13.1 Å². The fraction of sp³-hybridized carbons (Fsp3) is 0.188. The van der Waals surface area contributed by atoms with Crippen molar-refractivity contribution in [3.8, 4) is 5.69 Å². The summed E-state index contributed by atoms with van der Waals surface area (Å²) in [5.41, 5.74) is -0.450. The predicted octanol–water partition coefficient (Wildman–Crippen LogP) is 3.36. The summed E-state index contributed by atoms with van der Waals surface area (Å²) < 4.78 is 45.3. The number of benzene rings is 1. The molecule has 26 heavy (non-hydrogen) atoms. The molecule has 0 fully saturated rings. The molecule has 1 aromatic carbocycles. The maximum absolute atomic E-state index is 13.2. The van der Waals surface area contributed by atoms with Crippen LogP contribution in [-0.2, 0) is 10.9 Å². The smallest absolute Gasteiger partial charge is 0.436 e. The zero-order valence-corrected chi connectivity index (χ0v) is 13.4. The molecular formula is C16H13F3N4O3. The summed E-state index contributed by atoms with van der Waals surface area (Å²) in [6.45, 7) is 1.44.